The minimum atomic E-state index is -0.174. The van der Waals surface area contributed by atoms with Crippen molar-refractivity contribution in [3.05, 3.63) is 35.9 Å². The zero-order chi connectivity index (χ0) is 12.3. The Morgan fingerprint density at radius 1 is 1.18 bits per heavy atom. The molecule has 1 aromatic rings. The second-order valence-corrected chi connectivity index (χ2v) is 3.81. The van der Waals surface area contributed by atoms with E-state index in [9.17, 15) is 4.79 Å². The first-order valence-corrected chi connectivity index (χ1v) is 5.87. The lowest BCUT2D eigenvalue weighted by molar-refractivity contribution is 0.172. The molecule has 0 radical (unpaired) electrons. The van der Waals surface area contributed by atoms with Gasteiger partial charge in [0.25, 0.3) is 0 Å². The van der Waals surface area contributed by atoms with Crippen molar-refractivity contribution in [1.29, 1.82) is 0 Å². The van der Waals surface area contributed by atoms with Crippen molar-refractivity contribution in [2.45, 2.75) is 19.3 Å². The van der Waals surface area contributed by atoms with Crippen LogP contribution in [-0.4, -0.2) is 26.4 Å². The molecule has 4 nitrogen and oxygen atoms in total. The number of carbonyl (C=O) groups excluding carboxylic acids is 1. The van der Waals surface area contributed by atoms with E-state index in [2.05, 4.69) is 22.8 Å². The van der Waals surface area contributed by atoms with Gasteiger partial charge in [-0.3, -0.25) is 0 Å². The van der Waals surface area contributed by atoms with Crippen molar-refractivity contribution < 1.29 is 9.53 Å². The fourth-order valence-electron chi connectivity index (χ4n) is 1.50. The molecule has 1 aromatic carbocycles. The molecule has 0 fully saturated rings. The van der Waals surface area contributed by atoms with E-state index in [0.29, 0.717) is 6.54 Å². The third kappa shape index (κ3) is 6.58. The second kappa shape index (κ2) is 8.58. The standard InChI is InChI=1S/C13H20N2O2/c1-17-11-15-13(16)14-10-6-5-9-12-7-3-2-4-8-12/h2-4,7-8H,5-6,9-11H2,1H3,(H2,14,15,16). The maximum atomic E-state index is 11.1. The van der Waals surface area contributed by atoms with Gasteiger partial charge in [-0.2, -0.15) is 0 Å². The van der Waals surface area contributed by atoms with Crippen LogP contribution in [0.3, 0.4) is 0 Å². The first-order chi connectivity index (χ1) is 8.33. The molecule has 2 N–H and O–H groups in total. The third-order valence-electron chi connectivity index (χ3n) is 2.40. The molecule has 94 valence electrons. The van der Waals surface area contributed by atoms with E-state index < -0.39 is 0 Å². The van der Waals surface area contributed by atoms with E-state index in [0.717, 1.165) is 19.3 Å². The Hall–Kier alpha value is -1.55. The lowest BCUT2D eigenvalue weighted by Gasteiger charge is -2.06. The van der Waals surface area contributed by atoms with Gasteiger partial charge in [-0.15, -0.1) is 0 Å². The Kier molecular flexibility index (Phi) is 6.82. The number of urea groups is 1. The first-order valence-electron chi connectivity index (χ1n) is 5.87. The monoisotopic (exact) mass is 236 g/mol. The van der Waals surface area contributed by atoms with Gasteiger partial charge in [0, 0.05) is 13.7 Å². The fraction of sp³-hybridized carbons (Fsp3) is 0.462. The van der Waals surface area contributed by atoms with Crippen LogP contribution in [0.2, 0.25) is 0 Å². The summed E-state index contributed by atoms with van der Waals surface area (Å²) in [5, 5.41) is 5.34. The zero-order valence-electron chi connectivity index (χ0n) is 10.2. The average Bonchev–Trinajstić information content (AvgIpc) is 2.37. The molecule has 0 aliphatic rings. The van der Waals surface area contributed by atoms with Crippen LogP contribution in [0.25, 0.3) is 0 Å². The number of hydrogen-bond donors (Lipinski definition) is 2. The SMILES string of the molecule is COCNC(=O)NCCCCc1ccccc1. The van der Waals surface area contributed by atoms with Crippen molar-refractivity contribution in [2.75, 3.05) is 20.4 Å². The summed E-state index contributed by atoms with van der Waals surface area (Å²) < 4.78 is 4.73. The molecule has 0 saturated heterocycles. The van der Waals surface area contributed by atoms with Crippen molar-refractivity contribution in [1.82, 2.24) is 10.6 Å². The number of amides is 2. The summed E-state index contributed by atoms with van der Waals surface area (Å²) in [6.07, 6.45) is 3.12. The molecular weight excluding hydrogens is 216 g/mol. The molecule has 0 bridgehead atoms. The quantitative estimate of drug-likeness (QED) is 0.561. The van der Waals surface area contributed by atoms with Gasteiger partial charge in [0.05, 0.1) is 0 Å². The number of hydrogen-bond acceptors (Lipinski definition) is 2. The minimum absolute atomic E-state index is 0.174. The summed E-state index contributed by atoms with van der Waals surface area (Å²) in [4.78, 5) is 11.1. The highest BCUT2D eigenvalue weighted by molar-refractivity contribution is 5.73. The number of carbonyl (C=O) groups is 1. The van der Waals surface area contributed by atoms with Crippen LogP contribution in [0.1, 0.15) is 18.4 Å². The molecule has 1 rings (SSSR count). The number of nitrogens with one attached hydrogen (secondary N) is 2. The maximum absolute atomic E-state index is 11.1. The van der Waals surface area contributed by atoms with Gasteiger partial charge in [-0.1, -0.05) is 30.3 Å². The number of rotatable bonds is 7. The molecular formula is C13H20N2O2. The molecule has 4 heteroatoms. The van der Waals surface area contributed by atoms with E-state index in [1.54, 1.807) is 7.11 Å². The zero-order valence-corrected chi connectivity index (χ0v) is 10.2. The summed E-state index contributed by atoms with van der Waals surface area (Å²) in [5.41, 5.74) is 1.34. The van der Waals surface area contributed by atoms with Gasteiger partial charge in [0.15, 0.2) is 0 Å². The van der Waals surface area contributed by atoms with E-state index >= 15 is 0 Å². The molecule has 0 spiro atoms. The molecule has 2 amide bonds. The topological polar surface area (TPSA) is 50.4 Å². The lowest BCUT2D eigenvalue weighted by atomic mass is 10.1. The Morgan fingerprint density at radius 3 is 2.65 bits per heavy atom. The highest BCUT2D eigenvalue weighted by Gasteiger charge is 1.97. The molecule has 0 unspecified atom stereocenters. The van der Waals surface area contributed by atoms with Gasteiger partial charge in [-0.05, 0) is 24.8 Å². The Bertz CT molecular complexity index is 314. The van der Waals surface area contributed by atoms with E-state index in [-0.39, 0.29) is 12.8 Å². The summed E-state index contributed by atoms with van der Waals surface area (Å²) in [7, 11) is 1.54. The van der Waals surface area contributed by atoms with Crippen molar-refractivity contribution >= 4 is 6.03 Å². The Morgan fingerprint density at radius 2 is 1.94 bits per heavy atom. The van der Waals surface area contributed by atoms with Gasteiger partial charge < -0.3 is 15.4 Å². The van der Waals surface area contributed by atoms with Crippen LogP contribution in [0.15, 0.2) is 30.3 Å². The molecule has 0 atom stereocenters. The van der Waals surface area contributed by atoms with Crippen LogP contribution in [-0.2, 0) is 11.2 Å². The van der Waals surface area contributed by atoms with Gasteiger partial charge in [0.2, 0.25) is 0 Å². The molecule has 0 aliphatic carbocycles. The third-order valence-corrected chi connectivity index (χ3v) is 2.40. The predicted octanol–water partition coefficient (Wildman–Crippen LogP) is 1.91. The number of benzene rings is 1. The summed E-state index contributed by atoms with van der Waals surface area (Å²) in [5.74, 6) is 0. The average molecular weight is 236 g/mol. The highest BCUT2D eigenvalue weighted by Crippen LogP contribution is 2.03. The summed E-state index contributed by atoms with van der Waals surface area (Å²) in [6.45, 7) is 0.943. The smallest absolute Gasteiger partial charge is 0.316 e. The normalized spacial score (nSPS) is 9.94. The van der Waals surface area contributed by atoms with Crippen molar-refractivity contribution in [2.24, 2.45) is 0 Å². The fourth-order valence-corrected chi connectivity index (χ4v) is 1.50. The summed E-state index contributed by atoms with van der Waals surface area (Å²) in [6, 6.07) is 10.2. The maximum Gasteiger partial charge on any atom is 0.316 e. The largest absolute Gasteiger partial charge is 0.364 e. The highest BCUT2D eigenvalue weighted by atomic mass is 16.5. The molecule has 0 heterocycles. The first kappa shape index (κ1) is 13.5. The number of aryl methyl sites for hydroxylation is 1. The Balaban J connectivity index is 1.99. The minimum Gasteiger partial charge on any atom is -0.364 e. The number of methoxy groups -OCH3 is 1. The van der Waals surface area contributed by atoms with Crippen LogP contribution in [0, 0.1) is 0 Å². The Labute approximate surface area is 102 Å². The number of unbranched alkanes of at least 4 members (excludes halogenated alkanes) is 1. The van der Waals surface area contributed by atoms with E-state index in [1.165, 1.54) is 5.56 Å². The summed E-state index contributed by atoms with van der Waals surface area (Å²) >= 11 is 0. The second-order valence-electron chi connectivity index (χ2n) is 3.81. The van der Waals surface area contributed by atoms with Crippen molar-refractivity contribution in [3.8, 4) is 0 Å². The molecule has 0 saturated carbocycles. The van der Waals surface area contributed by atoms with Gasteiger partial charge in [0.1, 0.15) is 6.73 Å². The van der Waals surface area contributed by atoms with Crippen molar-refractivity contribution in [3.63, 3.8) is 0 Å². The van der Waals surface area contributed by atoms with Crippen LogP contribution in [0.5, 0.6) is 0 Å². The van der Waals surface area contributed by atoms with Crippen LogP contribution in [0.4, 0.5) is 4.79 Å². The van der Waals surface area contributed by atoms with Gasteiger partial charge in [-0.25, -0.2) is 4.79 Å². The number of ether oxygens (including phenoxy) is 1. The van der Waals surface area contributed by atoms with Gasteiger partial charge >= 0.3 is 6.03 Å². The lowest BCUT2D eigenvalue weighted by Crippen LogP contribution is -2.36. The molecule has 0 aromatic heterocycles. The molecule has 17 heavy (non-hydrogen) atoms. The van der Waals surface area contributed by atoms with Crippen LogP contribution >= 0.6 is 0 Å². The van der Waals surface area contributed by atoms with Crippen LogP contribution < -0.4 is 10.6 Å². The van der Waals surface area contributed by atoms with E-state index in [4.69, 9.17) is 4.74 Å². The van der Waals surface area contributed by atoms with E-state index in [1.807, 2.05) is 18.2 Å². The molecule has 0 aliphatic heterocycles. The predicted molar refractivity (Wildman–Crippen MR) is 67.8 cm³/mol.